The van der Waals surface area contributed by atoms with Gasteiger partial charge in [0.1, 0.15) is 10.9 Å². The lowest BCUT2D eigenvalue weighted by molar-refractivity contribution is -0.122. The third kappa shape index (κ3) is 4.80. The predicted octanol–water partition coefficient (Wildman–Crippen LogP) is 5.71. The average Bonchev–Trinajstić information content (AvgIpc) is 3.29. The molecule has 6 nitrogen and oxygen atoms in total. The van der Waals surface area contributed by atoms with Gasteiger partial charge in [-0.15, -0.1) is 0 Å². The first kappa shape index (κ1) is 25.2. The van der Waals surface area contributed by atoms with Crippen molar-refractivity contribution in [1.29, 1.82) is 0 Å². The summed E-state index contributed by atoms with van der Waals surface area (Å²) in [6, 6.07) is 20.1. The minimum Gasteiger partial charge on any atom is -0.324 e. The number of amides is 3. The van der Waals surface area contributed by atoms with Crippen molar-refractivity contribution in [3.05, 3.63) is 98.9 Å². The third-order valence-electron chi connectivity index (χ3n) is 6.24. The largest absolute Gasteiger partial charge is 0.324 e. The fourth-order valence-electron chi connectivity index (χ4n) is 4.43. The third-order valence-corrected chi connectivity index (χ3v) is 8.06. The van der Waals surface area contributed by atoms with Gasteiger partial charge in [0.05, 0.1) is 22.7 Å². The molecule has 186 valence electrons. The maximum absolute atomic E-state index is 13.7. The van der Waals surface area contributed by atoms with E-state index in [1.54, 1.807) is 30.3 Å². The highest BCUT2D eigenvalue weighted by atomic mass is 35.5. The summed E-state index contributed by atoms with van der Waals surface area (Å²) >= 11 is 12.9. The summed E-state index contributed by atoms with van der Waals surface area (Å²) in [5, 5.41) is 3.43. The van der Waals surface area contributed by atoms with E-state index in [9.17, 15) is 14.4 Å². The van der Waals surface area contributed by atoms with E-state index in [0.717, 1.165) is 28.5 Å². The SMILES string of the molecule is Cc1ccc(NC(=O)CN2C(=O)/C(=C3\SC(=S)N(Cc4ccccc4Cl)C3=O)c3ccccc32)c(C)c1. The van der Waals surface area contributed by atoms with Gasteiger partial charge >= 0.3 is 0 Å². The molecule has 0 aliphatic carbocycles. The molecule has 2 heterocycles. The van der Waals surface area contributed by atoms with E-state index in [-0.39, 0.29) is 35.4 Å². The Morgan fingerprint density at radius 2 is 1.70 bits per heavy atom. The first-order chi connectivity index (χ1) is 17.7. The highest BCUT2D eigenvalue weighted by molar-refractivity contribution is 8.26. The molecular formula is C28H22ClN3O3S2. The molecule has 0 unspecified atom stereocenters. The van der Waals surface area contributed by atoms with Crippen LogP contribution in [0.15, 0.2) is 71.6 Å². The number of rotatable bonds is 5. The van der Waals surface area contributed by atoms with Crippen molar-refractivity contribution < 1.29 is 14.4 Å². The number of fused-ring (bicyclic) bond motifs is 1. The van der Waals surface area contributed by atoms with Gasteiger partial charge < -0.3 is 5.32 Å². The van der Waals surface area contributed by atoms with E-state index >= 15 is 0 Å². The van der Waals surface area contributed by atoms with Crippen LogP contribution in [0.5, 0.6) is 0 Å². The standard InChI is InChI=1S/C28H22ClN3O3S2/c1-16-11-12-21(17(2)13-16)30-23(33)15-31-22-10-6-4-8-19(22)24(26(31)34)25-27(35)32(28(36)37-25)14-18-7-3-5-9-20(18)29/h3-13H,14-15H2,1-2H3,(H,30,33)/b25-24-. The van der Waals surface area contributed by atoms with Crippen molar-refractivity contribution in [3.63, 3.8) is 0 Å². The molecule has 0 aromatic heterocycles. The van der Waals surface area contributed by atoms with Gasteiger partial charge in [-0.2, -0.15) is 0 Å². The van der Waals surface area contributed by atoms with Crippen LogP contribution in [-0.4, -0.2) is 33.5 Å². The summed E-state index contributed by atoms with van der Waals surface area (Å²) in [6.07, 6.45) is 0. The molecule has 0 saturated carbocycles. The quantitative estimate of drug-likeness (QED) is 0.327. The Morgan fingerprint density at radius 3 is 2.46 bits per heavy atom. The number of anilines is 2. The summed E-state index contributed by atoms with van der Waals surface area (Å²) in [5.74, 6) is -1.09. The molecule has 1 fully saturated rings. The molecule has 5 rings (SSSR count). The van der Waals surface area contributed by atoms with E-state index in [2.05, 4.69) is 5.32 Å². The van der Waals surface area contributed by atoms with Crippen molar-refractivity contribution in [3.8, 4) is 0 Å². The minimum atomic E-state index is -0.407. The molecule has 3 aromatic rings. The summed E-state index contributed by atoms with van der Waals surface area (Å²) < 4.78 is 0.351. The number of thiocarbonyl (C=S) groups is 1. The van der Waals surface area contributed by atoms with Gasteiger partial charge in [0.15, 0.2) is 0 Å². The van der Waals surface area contributed by atoms with Crippen LogP contribution in [0, 0.1) is 13.8 Å². The Bertz CT molecular complexity index is 1520. The Labute approximate surface area is 229 Å². The number of benzene rings is 3. The average molecular weight is 548 g/mol. The van der Waals surface area contributed by atoms with Crippen molar-refractivity contribution in [2.24, 2.45) is 0 Å². The van der Waals surface area contributed by atoms with Crippen molar-refractivity contribution in [2.75, 3.05) is 16.8 Å². The first-order valence-corrected chi connectivity index (χ1v) is 13.1. The normalized spacial score (nSPS) is 17.0. The van der Waals surface area contributed by atoms with E-state index in [1.165, 1.54) is 9.80 Å². The second-order valence-corrected chi connectivity index (χ2v) is 10.9. The number of para-hydroxylation sites is 1. The second-order valence-electron chi connectivity index (χ2n) is 8.83. The molecule has 0 bridgehead atoms. The van der Waals surface area contributed by atoms with Crippen LogP contribution in [-0.2, 0) is 20.9 Å². The minimum absolute atomic E-state index is 0.188. The van der Waals surface area contributed by atoms with Gasteiger partial charge in [-0.05, 0) is 43.2 Å². The molecule has 3 amide bonds. The molecule has 0 spiro atoms. The highest BCUT2D eigenvalue weighted by Crippen LogP contribution is 2.45. The Morgan fingerprint density at radius 1 is 0.973 bits per heavy atom. The smallest absolute Gasteiger partial charge is 0.267 e. The van der Waals surface area contributed by atoms with Crippen LogP contribution in [0.25, 0.3) is 5.57 Å². The first-order valence-electron chi connectivity index (χ1n) is 11.5. The van der Waals surface area contributed by atoms with Crippen molar-refractivity contribution in [2.45, 2.75) is 20.4 Å². The van der Waals surface area contributed by atoms with E-state index in [4.69, 9.17) is 23.8 Å². The van der Waals surface area contributed by atoms with Crippen LogP contribution in [0.4, 0.5) is 11.4 Å². The molecule has 2 aliphatic rings. The highest BCUT2D eigenvalue weighted by Gasteiger charge is 2.42. The number of halogens is 1. The van der Waals surface area contributed by atoms with Gasteiger partial charge in [-0.1, -0.05) is 89.7 Å². The van der Waals surface area contributed by atoms with Crippen molar-refractivity contribution >= 4 is 74.6 Å². The molecular weight excluding hydrogens is 526 g/mol. The van der Waals surface area contributed by atoms with Gasteiger partial charge in [0.25, 0.3) is 11.8 Å². The number of thioether (sulfide) groups is 1. The lowest BCUT2D eigenvalue weighted by Crippen LogP contribution is -2.35. The van der Waals surface area contributed by atoms with Gasteiger partial charge in [0, 0.05) is 16.3 Å². The molecule has 2 aliphatic heterocycles. The zero-order valence-corrected chi connectivity index (χ0v) is 22.5. The van der Waals surface area contributed by atoms with Crippen LogP contribution < -0.4 is 10.2 Å². The second kappa shape index (κ2) is 10.1. The fraction of sp³-hybridized carbons (Fsp3) is 0.143. The molecule has 1 saturated heterocycles. The summed E-state index contributed by atoms with van der Waals surface area (Å²) in [5.41, 5.74) is 4.92. The Kier molecular flexibility index (Phi) is 6.90. The van der Waals surface area contributed by atoms with Crippen LogP contribution in [0.3, 0.4) is 0 Å². The zero-order chi connectivity index (χ0) is 26.3. The van der Waals surface area contributed by atoms with E-state index in [0.29, 0.717) is 26.3 Å². The van der Waals surface area contributed by atoms with Crippen LogP contribution in [0.2, 0.25) is 5.02 Å². The van der Waals surface area contributed by atoms with E-state index < -0.39 is 5.91 Å². The molecule has 37 heavy (non-hydrogen) atoms. The number of nitrogens with one attached hydrogen (secondary N) is 1. The maximum atomic E-state index is 13.7. The number of nitrogens with zero attached hydrogens (tertiary/aromatic N) is 2. The summed E-state index contributed by atoms with van der Waals surface area (Å²) in [7, 11) is 0. The van der Waals surface area contributed by atoms with Crippen LogP contribution >= 0.6 is 35.6 Å². The van der Waals surface area contributed by atoms with Crippen LogP contribution in [0.1, 0.15) is 22.3 Å². The molecule has 0 radical (unpaired) electrons. The topological polar surface area (TPSA) is 69.7 Å². The summed E-state index contributed by atoms with van der Waals surface area (Å²) in [6.45, 7) is 3.92. The maximum Gasteiger partial charge on any atom is 0.267 e. The molecule has 3 aromatic carbocycles. The zero-order valence-electron chi connectivity index (χ0n) is 20.1. The number of carbonyl (C=O) groups excluding carboxylic acids is 3. The van der Waals surface area contributed by atoms with Gasteiger partial charge in [0.2, 0.25) is 5.91 Å². The van der Waals surface area contributed by atoms with Gasteiger partial charge in [-0.3, -0.25) is 24.2 Å². The predicted molar refractivity (Wildman–Crippen MR) is 152 cm³/mol. The van der Waals surface area contributed by atoms with E-state index in [1.807, 2.05) is 50.2 Å². The molecule has 0 atom stereocenters. The number of hydrogen-bond acceptors (Lipinski definition) is 5. The lowest BCUT2D eigenvalue weighted by atomic mass is 10.1. The fourth-order valence-corrected chi connectivity index (χ4v) is 5.95. The molecule has 1 N–H and O–H groups in total. The molecule has 9 heteroatoms. The van der Waals surface area contributed by atoms with Crippen molar-refractivity contribution in [1.82, 2.24) is 4.90 Å². The number of carbonyl (C=O) groups is 3. The number of aryl methyl sites for hydroxylation is 2. The Balaban J connectivity index is 1.43. The monoisotopic (exact) mass is 547 g/mol. The lowest BCUT2D eigenvalue weighted by Gasteiger charge is -2.17. The Hall–Kier alpha value is -3.46. The number of hydrogen-bond donors (Lipinski definition) is 1. The summed E-state index contributed by atoms with van der Waals surface area (Å²) in [4.78, 5) is 43.2. The van der Waals surface area contributed by atoms with Gasteiger partial charge in [-0.25, -0.2) is 0 Å².